The SMILES string of the molecule is NCc1ccc(-c2cnc3c(N)cccc3n2)cc1. The van der Waals surface area contributed by atoms with E-state index in [0.29, 0.717) is 12.2 Å². The van der Waals surface area contributed by atoms with Gasteiger partial charge in [0.25, 0.3) is 0 Å². The Balaban J connectivity index is 2.09. The molecule has 3 aromatic rings. The highest BCUT2D eigenvalue weighted by molar-refractivity contribution is 5.87. The Morgan fingerprint density at radius 3 is 2.53 bits per heavy atom. The summed E-state index contributed by atoms with van der Waals surface area (Å²) in [6.07, 6.45) is 1.75. The first kappa shape index (κ1) is 11.6. The second kappa shape index (κ2) is 4.66. The van der Waals surface area contributed by atoms with Crippen molar-refractivity contribution in [2.45, 2.75) is 6.54 Å². The lowest BCUT2D eigenvalue weighted by Crippen LogP contribution is -1.96. The van der Waals surface area contributed by atoms with E-state index in [2.05, 4.69) is 9.97 Å². The maximum Gasteiger partial charge on any atom is 0.112 e. The summed E-state index contributed by atoms with van der Waals surface area (Å²) in [6, 6.07) is 13.6. The molecular formula is C15H14N4. The minimum absolute atomic E-state index is 0.542. The number of para-hydroxylation sites is 1. The summed E-state index contributed by atoms with van der Waals surface area (Å²) in [5.74, 6) is 0. The van der Waals surface area contributed by atoms with Crippen molar-refractivity contribution >= 4 is 16.7 Å². The number of nitrogens with two attached hydrogens (primary N) is 2. The van der Waals surface area contributed by atoms with Gasteiger partial charge in [-0.3, -0.25) is 4.98 Å². The van der Waals surface area contributed by atoms with Gasteiger partial charge in [-0.15, -0.1) is 0 Å². The smallest absolute Gasteiger partial charge is 0.112 e. The standard InChI is InChI=1S/C15H14N4/c16-8-10-4-6-11(7-5-10)14-9-18-15-12(17)2-1-3-13(15)19-14/h1-7,9H,8,16-17H2. The Labute approximate surface area is 111 Å². The lowest BCUT2D eigenvalue weighted by molar-refractivity contribution is 1.07. The van der Waals surface area contributed by atoms with E-state index >= 15 is 0 Å². The molecule has 0 unspecified atom stereocenters. The fourth-order valence-corrected chi connectivity index (χ4v) is 2.01. The highest BCUT2D eigenvalue weighted by atomic mass is 14.8. The quantitative estimate of drug-likeness (QED) is 0.684. The molecule has 0 bridgehead atoms. The molecule has 0 radical (unpaired) electrons. The maximum atomic E-state index is 5.87. The van der Waals surface area contributed by atoms with Crippen molar-refractivity contribution in [1.29, 1.82) is 0 Å². The van der Waals surface area contributed by atoms with Crippen molar-refractivity contribution in [1.82, 2.24) is 9.97 Å². The van der Waals surface area contributed by atoms with Gasteiger partial charge < -0.3 is 11.5 Å². The third-order valence-electron chi connectivity index (χ3n) is 3.09. The molecule has 0 saturated carbocycles. The first-order valence-corrected chi connectivity index (χ1v) is 6.08. The first-order chi connectivity index (χ1) is 9.28. The van der Waals surface area contributed by atoms with Crippen LogP contribution in [-0.4, -0.2) is 9.97 Å². The summed E-state index contributed by atoms with van der Waals surface area (Å²) in [6.45, 7) is 0.542. The minimum Gasteiger partial charge on any atom is -0.397 e. The lowest BCUT2D eigenvalue weighted by atomic mass is 10.1. The third-order valence-corrected chi connectivity index (χ3v) is 3.09. The van der Waals surface area contributed by atoms with E-state index in [0.717, 1.165) is 27.9 Å². The molecule has 4 N–H and O–H groups in total. The predicted molar refractivity (Wildman–Crippen MR) is 77.3 cm³/mol. The van der Waals surface area contributed by atoms with E-state index in [1.54, 1.807) is 6.20 Å². The second-order valence-electron chi connectivity index (χ2n) is 4.37. The molecular weight excluding hydrogens is 236 g/mol. The number of anilines is 1. The average Bonchev–Trinajstić information content (AvgIpc) is 2.47. The molecule has 0 amide bonds. The van der Waals surface area contributed by atoms with E-state index in [-0.39, 0.29) is 0 Å². The van der Waals surface area contributed by atoms with Gasteiger partial charge in [-0.05, 0) is 17.7 Å². The van der Waals surface area contributed by atoms with Gasteiger partial charge in [-0.2, -0.15) is 0 Å². The second-order valence-corrected chi connectivity index (χ2v) is 4.37. The van der Waals surface area contributed by atoms with Gasteiger partial charge in [0, 0.05) is 12.1 Å². The van der Waals surface area contributed by atoms with Crippen molar-refractivity contribution in [3.63, 3.8) is 0 Å². The highest BCUT2D eigenvalue weighted by Crippen LogP contribution is 2.22. The molecule has 0 aliphatic rings. The van der Waals surface area contributed by atoms with Crippen LogP contribution >= 0.6 is 0 Å². The molecule has 1 aromatic heterocycles. The average molecular weight is 250 g/mol. The van der Waals surface area contributed by atoms with Gasteiger partial charge in [0.1, 0.15) is 5.52 Å². The van der Waals surface area contributed by atoms with Crippen LogP contribution in [0.1, 0.15) is 5.56 Å². The number of rotatable bonds is 2. The summed E-state index contributed by atoms with van der Waals surface area (Å²) < 4.78 is 0. The summed E-state index contributed by atoms with van der Waals surface area (Å²) in [5.41, 5.74) is 16.6. The molecule has 4 nitrogen and oxygen atoms in total. The van der Waals surface area contributed by atoms with Crippen molar-refractivity contribution < 1.29 is 0 Å². The molecule has 0 fully saturated rings. The van der Waals surface area contributed by atoms with Gasteiger partial charge in [0.2, 0.25) is 0 Å². The van der Waals surface area contributed by atoms with Crippen LogP contribution in [-0.2, 0) is 6.54 Å². The van der Waals surface area contributed by atoms with E-state index < -0.39 is 0 Å². The summed E-state index contributed by atoms with van der Waals surface area (Å²) in [5, 5.41) is 0. The number of benzene rings is 2. The van der Waals surface area contributed by atoms with Crippen LogP contribution in [0.25, 0.3) is 22.3 Å². The van der Waals surface area contributed by atoms with Gasteiger partial charge in [0.15, 0.2) is 0 Å². The molecule has 0 spiro atoms. The number of aromatic nitrogens is 2. The van der Waals surface area contributed by atoms with Crippen molar-refractivity contribution in [2.24, 2.45) is 5.73 Å². The summed E-state index contributed by atoms with van der Waals surface area (Å²) >= 11 is 0. The van der Waals surface area contributed by atoms with Crippen LogP contribution in [0.5, 0.6) is 0 Å². The molecule has 1 heterocycles. The number of nitrogens with zero attached hydrogens (tertiary/aromatic N) is 2. The molecule has 4 heteroatoms. The topological polar surface area (TPSA) is 77.8 Å². The molecule has 0 atom stereocenters. The van der Waals surface area contributed by atoms with Gasteiger partial charge in [-0.25, -0.2) is 4.98 Å². The Morgan fingerprint density at radius 2 is 1.79 bits per heavy atom. The van der Waals surface area contributed by atoms with E-state index in [4.69, 9.17) is 11.5 Å². The number of fused-ring (bicyclic) bond motifs is 1. The molecule has 2 aromatic carbocycles. The van der Waals surface area contributed by atoms with Gasteiger partial charge in [0.05, 0.1) is 23.1 Å². The fraction of sp³-hybridized carbons (Fsp3) is 0.0667. The maximum absolute atomic E-state index is 5.87. The number of hydrogen-bond donors (Lipinski definition) is 2. The Hall–Kier alpha value is -2.46. The number of hydrogen-bond acceptors (Lipinski definition) is 4. The van der Waals surface area contributed by atoms with Gasteiger partial charge in [-0.1, -0.05) is 30.3 Å². The van der Waals surface area contributed by atoms with E-state index in [9.17, 15) is 0 Å². The van der Waals surface area contributed by atoms with Gasteiger partial charge >= 0.3 is 0 Å². The zero-order chi connectivity index (χ0) is 13.2. The predicted octanol–water partition coefficient (Wildman–Crippen LogP) is 2.34. The summed E-state index contributed by atoms with van der Waals surface area (Å²) in [4.78, 5) is 8.98. The number of nitrogen functional groups attached to an aromatic ring is 1. The van der Waals surface area contributed by atoms with Crippen molar-refractivity contribution in [2.75, 3.05) is 5.73 Å². The third kappa shape index (κ3) is 2.13. The van der Waals surface area contributed by atoms with Crippen LogP contribution in [0.3, 0.4) is 0 Å². The Morgan fingerprint density at radius 1 is 1.00 bits per heavy atom. The van der Waals surface area contributed by atoms with E-state index in [1.165, 1.54) is 0 Å². The molecule has 0 saturated heterocycles. The van der Waals surface area contributed by atoms with Crippen molar-refractivity contribution in [3.05, 3.63) is 54.2 Å². The Kier molecular flexibility index (Phi) is 2.85. The lowest BCUT2D eigenvalue weighted by Gasteiger charge is -2.05. The minimum atomic E-state index is 0.542. The normalized spacial score (nSPS) is 10.8. The van der Waals surface area contributed by atoms with Crippen LogP contribution in [0.4, 0.5) is 5.69 Å². The molecule has 3 rings (SSSR count). The fourth-order valence-electron chi connectivity index (χ4n) is 2.01. The van der Waals surface area contributed by atoms with Crippen LogP contribution in [0.2, 0.25) is 0 Å². The first-order valence-electron chi connectivity index (χ1n) is 6.08. The van der Waals surface area contributed by atoms with Crippen LogP contribution < -0.4 is 11.5 Å². The summed E-state index contributed by atoms with van der Waals surface area (Å²) in [7, 11) is 0. The zero-order valence-electron chi connectivity index (χ0n) is 10.4. The van der Waals surface area contributed by atoms with Crippen LogP contribution in [0, 0.1) is 0 Å². The van der Waals surface area contributed by atoms with Crippen LogP contribution in [0.15, 0.2) is 48.7 Å². The Bertz CT molecular complexity index is 720. The van der Waals surface area contributed by atoms with E-state index in [1.807, 2.05) is 42.5 Å². The zero-order valence-corrected chi connectivity index (χ0v) is 10.4. The largest absolute Gasteiger partial charge is 0.397 e. The molecule has 0 aliphatic heterocycles. The molecule has 94 valence electrons. The monoisotopic (exact) mass is 250 g/mol. The molecule has 0 aliphatic carbocycles. The highest BCUT2D eigenvalue weighted by Gasteiger charge is 2.04. The van der Waals surface area contributed by atoms with Crippen molar-refractivity contribution in [3.8, 4) is 11.3 Å². The molecule has 19 heavy (non-hydrogen) atoms.